The van der Waals surface area contributed by atoms with Crippen molar-refractivity contribution >= 4 is 47.3 Å². The van der Waals surface area contributed by atoms with Crippen LogP contribution in [0.3, 0.4) is 0 Å². The first-order chi connectivity index (χ1) is 2.89. The van der Waals surface area contributed by atoms with Gasteiger partial charge in [-0.2, -0.15) is 0 Å². The Bertz CT molecular complexity index is 78.9. The molecule has 0 saturated heterocycles. The van der Waals surface area contributed by atoms with E-state index in [1.54, 1.807) is 31.4 Å². The highest BCUT2D eigenvalue weighted by Gasteiger charge is 1.99. The van der Waals surface area contributed by atoms with Crippen molar-refractivity contribution in [2.45, 2.75) is 0 Å². The molecule has 4 heteroatoms. The Balaban J connectivity index is 2.45. The van der Waals surface area contributed by atoms with E-state index in [1.165, 1.54) is 3.81 Å². The first-order valence-electron chi connectivity index (χ1n) is 1.25. The van der Waals surface area contributed by atoms with Gasteiger partial charge in [-0.05, 0) is 36.5 Å². The summed E-state index contributed by atoms with van der Waals surface area (Å²) in [5, 5.41) is 2.08. The monoisotopic (exact) mass is 200 g/mol. The molecule has 0 unspecified atom stereocenters. The standard InChI is InChI=1S/C2HBrS3/c3-2-1-4-6-5-2/h1H. The molecule has 0 aromatic heterocycles. The summed E-state index contributed by atoms with van der Waals surface area (Å²) in [6, 6.07) is 0. The maximum absolute atomic E-state index is 3.32. The Morgan fingerprint density at radius 1 is 1.67 bits per heavy atom. The molecule has 0 radical (unpaired) electrons. The molecule has 6 heavy (non-hydrogen) atoms. The van der Waals surface area contributed by atoms with Crippen LogP contribution in [-0.2, 0) is 0 Å². The van der Waals surface area contributed by atoms with Crippen molar-refractivity contribution in [2.24, 2.45) is 0 Å². The van der Waals surface area contributed by atoms with E-state index in [9.17, 15) is 0 Å². The van der Waals surface area contributed by atoms with E-state index < -0.39 is 0 Å². The predicted octanol–water partition coefficient (Wildman–Crippen LogP) is 3.22. The van der Waals surface area contributed by atoms with E-state index in [0.717, 1.165) is 0 Å². The molecule has 0 saturated carbocycles. The van der Waals surface area contributed by atoms with Crippen molar-refractivity contribution in [1.29, 1.82) is 0 Å². The molecule has 0 aliphatic carbocycles. The molecule has 0 N–H and O–H groups in total. The van der Waals surface area contributed by atoms with Crippen LogP contribution in [0.2, 0.25) is 0 Å². The molecule has 1 aliphatic rings. The molecule has 0 aromatic rings. The summed E-state index contributed by atoms with van der Waals surface area (Å²) in [6.07, 6.45) is 0. The van der Waals surface area contributed by atoms with Gasteiger partial charge in [0.25, 0.3) is 0 Å². The van der Waals surface area contributed by atoms with Gasteiger partial charge < -0.3 is 0 Å². The highest BCUT2D eigenvalue weighted by Crippen LogP contribution is 2.50. The van der Waals surface area contributed by atoms with E-state index in [1.807, 2.05) is 0 Å². The van der Waals surface area contributed by atoms with Crippen LogP contribution >= 0.6 is 47.3 Å². The third kappa shape index (κ3) is 1.40. The minimum Gasteiger partial charge on any atom is -0.0520 e. The maximum atomic E-state index is 3.32. The summed E-state index contributed by atoms with van der Waals surface area (Å²) in [6.45, 7) is 0. The van der Waals surface area contributed by atoms with E-state index >= 15 is 0 Å². The predicted molar refractivity (Wildman–Crippen MR) is 39.8 cm³/mol. The first kappa shape index (κ1) is 5.41. The minimum absolute atomic E-state index is 1.23. The quantitative estimate of drug-likeness (QED) is 0.552. The van der Waals surface area contributed by atoms with Crippen molar-refractivity contribution in [3.63, 3.8) is 0 Å². The van der Waals surface area contributed by atoms with Crippen molar-refractivity contribution in [3.05, 3.63) is 9.22 Å². The molecular formula is C2HBrS3. The van der Waals surface area contributed by atoms with Crippen LogP contribution in [0.25, 0.3) is 0 Å². The van der Waals surface area contributed by atoms with Crippen molar-refractivity contribution in [2.75, 3.05) is 0 Å². The van der Waals surface area contributed by atoms with E-state index in [4.69, 9.17) is 0 Å². The molecule has 0 spiro atoms. The summed E-state index contributed by atoms with van der Waals surface area (Å²) in [4.78, 5) is 0. The average Bonchev–Trinajstić information content (AvgIpc) is 1.86. The molecule has 0 aromatic carbocycles. The van der Waals surface area contributed by atoms with Gasteiger partial charge >= 0.3 is 0 Å². The lowest BCUT2D eigenvalue weighted by Gasteiger charge is -1.74. The molecule has 1 heterocycles. The number of halogens is 1. The summed E-state index contributed by atoms with van der Waals surface area (Å²) >= 11 is 3.32. The van der Waals surface area contributed by atoms with Crippen LogP contribution in [0, 0.1) is 0 Å². The molecule has 34 valence electrons. The van der Waals surface area contributed by atoms with Gasteiger partial charge in [0.05, 0.1) is 3.81 Å². The van der Waals surface area contributed by atoms with Crippen LogP contribution in [0.1, 0.15) is 0 Å². The van der Waals surface area contributed by atoms with E-state index in [2.05, 4.69) is 21.3 Å². The van der Waals surface area contributed by atoms with Gasteiger partial charge in [-0.15, -0.1) is 0 Å². The summed E-state index contributed by atoms with van der Waals surface area (Å²) in [5.41, 5.74) is 0. The fraction of sp³-hybridized carbons (Fsp3) is 0. The van der Waals surface area contributed by atoms with Crippen LogP contribution in [0.4, 0.5) is 0 Å². The number of hydrogen-bond acceptors (Lipinski definition) is 3. The van der Waals surface area contributed by atoms with Gasteiger partial charge in [0.15, 0.2) is 0 Å². The molecular weight excluding hydrogens is 200 g/mol. The second-order valence-corrected chi connectivity index (χ2v) is 5.93. The Kier molecular flexibility index (Phi) is 2.29. The lowest BCUT2D eigenvalue weighted by atomic mass is 11.2. The Morgan fingerprint density at radius 3 is 2.67 bits per heavy atom. The summed E-state index contributed by atoms with van der Waals surface area (Å²) < 4.78 is 1.23. The molecule has 1 aliphatic heterocycles. The molecule has 0 nitrogen and oxygen atoms in total. The average molecular weight is 201 g/mol. The second kappa shape index (κ2) is 2.55. The topological polar surface area (TPSA) is 0 Å². The van der Waals surface area contributed by atoms with Crippen LogP contribution < -0.4 is 0 Å². The largest absolute Gasteiger partial charge is 0.0691 e. The third-order valence-corrected chi connectivity index (χ3v) is 5.45. The third-order valence-electron chi connectivity index (χ3n) is 0.294. The first-order valence-corrected chi connectivity index (χ1v) is 5.59. The van der Waals surface area contributed by atoms with E-state index in [0.29, 0.717) is 0 Å². The van der Waals surface area contributed by atoms with Crippen molar-refractivity contribution < 1.29 is 0 Å². The van der Waals surface area contributed by atoms with Crippen LogP contribution in [0.5, 0.6) is 0 Å². The minimum atomic E-state index is 1.23. The van der Waals surface area contributed by atoms with Gasteiger partial charge in [-0.1, -0.05) is 10.8 Å². The van der Waals surface area contributed by atoms with Crippen molar-refractivity contribution in [1.82, 2.24) is 0 Å². The fourth-order valence-electron chi connectivity index (χ4n) is 0.129. The smallest absolute Gasteiger partial charge is 0.0520 e. The molecule has 0 bridgehead atoms. The zero-order valence-electron chi connectivity index (χ0n) is 2.68. The zero-order chi connectivity index (χ0) is 4.41. The number of hydrogen-bond donors (Lipinski definition) is 0. The van der Waals surface area contributed by atoms with Crippen molar-refractivity contribution in [3.8, 4) is 0 Å². The maximum Gasteiger partial charge on any atom is 0.0691 e. The Hall–Kier alpha value is 1.27. The van der Waals surface area contributed by atoms with Crippen LogP contribution in [0.15, 0.2) is 9.22 Å². The summed E-state index contributed by atoms with van der Waals surface area (Å²) in [7, 11) is 5.28. The normalized spacial score (nSPS) is 21.2. The van der Waals surface area contributed by atoms with Gasteiger partial charge in [-0.25, -0.2) is 0 Å². The second-order valence-electron chi connectivity index (χ2n) is 0.670. The highest BCUT2D eigenvalue weighted by atomic mass is 79.9. The molecule has 1 rings (SSSR count). The van der Waals surface area contributed by atoms with Gasteiger partial charge in [-0.3, -0.25) is 0 Å². The van der Waals surface area contributed by atoms with Crippen LogP contribution in [-0.4, -0.2) is 0 Å². The van der Waals surface area contributed by atoms with Gasteiger partial charge in [0, 0.05) is 5.41 Å². The summed E-state index contributed by atoms with van der Waals surface area (Å²) in [5.74, 6) is 0. The fourth-order valence-corrected chi connectivity index (χ4v) is 5.31. The highest BCUT2D eigenvalue weighted by molar-refractivity contribution is 9.22. The molecule has 0 amide bonds. The van der Waals surface area contributed by atoms with E-state index in [-0.39, 0.29) is 0 Å². The van der Waals surface area contributed by atoms with Gasteiger partial charge in [0.1, 0.15) is 0 Å². The van der Waals surface area contributed by atoms with Gasteiger partial charge in [0.2, 0.25) is 0 Å². The number of rotatable bonds is 0. The lowest BCUT2D eigenvalue weighted by molar-refractivity contribution is 2.53. The Morgan fingerprint density at radius 2 is 2.50 bits per heavy atom. The Labute approximate surface area is 56.4 Å². The molecule has 0 atom stereocenters. The lowest BCUT2D eigenvalue weighted by Crippen LogP contribution is -1.34. The zero-order valence-corrected chi connectivity index (χ0v) is 6.72. The molecule has 0 fully saturated rings. The SMILES string of the molecule is BrC1=CSSS1.